The fourth-order valence-electron chi connectivity index (χ4n) is 2.88. The van der Waals surface area contributed by atoms with E-state index in [-0.39, 0.29) is 0 Å². The third-order valence-corrected chi connectivity index (χ3v) is 5.33. The summed E-state index contributed by atoms with van der Waals surface area (Å²) in [5.41, 5.74) is 1.60. The molecule has 0 fully saturated rings. The van der Waals surface area contributed by atoms with Crippen molar-refractivity contribution in [2.24, 2.45) is 0 Å². The van der Waals surface area contributed by atoms with Gasteiger partial charge in [0.15, 0.2) is 0 Å². The van der Waals surface area contributed by atoms with E-state index in [1.807, 2.05) is 11.8 Å². The van der Waals surface area contributed by atoms with Gasteiger partial charge in [-0.15, -0.1) is 11.8 Å². The maximum Gasteiger partial charge on any atom is 0.0107 e. The van der Waals surface area contributed by atoms with Crippen LogP contribution >= 0.6 is 11.8 Å². The van der Waals surface area contributed by atoms with Gasteiger partial charge >= 0.3 is 0 Å². The van der Waals surface area contributed by atoms with Crippen molar-refractivity contribution in [3.8, 4) is 0 Å². The molecule has 1 aliphatic rings. The van der Waals surface area contributed by atoms with Gasteiger partial charge in [0.1, 0.15) is 0 Å². The van der Waals surface area contributed by atoms with E-state index in [0.717, 1.165) is 12.0 Å². The molecule has 2 rings (SSSR count). The fourth-order valence-corrected chi connectivity index (χ4v) is 4.18. The van der Waals surface area contributed by atoms with E-state index in [9.17, 15) is 0 Å². The van der Waals surface area contributed by atoms with Crippen LogP contribution in [0, 0.1) is 0 Å². The largest absolute Gasteiger partial charge is 0.314 e. The van der Waals surface area contributed by atoms with Crippen LogP contribution in [0.15, 0.2) is 29.2 Å². The third kappa shape index (κ3) is 4.25. The van der Waals surface area contributed by atoms with E-state index >= 15 is 0 Å². The lowest BCUT2D eigenvalue weighted by Crippen LogP contribution is -2.29. The molecule has 0 saturated carbocycles. The minimum absolute atomic E-state index is 0.726. The van der Waals surface area contributed by atoms with Crippen LogP contribution in [-0.4, -0.2) is 18.3 Å². The molecule has 0 aromatic heterocycles. The molecule has 106 valence electrons. The normalized spacial score (nSPS) is 19.4. The van der Waals surface area contributed by atoms with Gasteiger partial charge in [0.2, 0.25) is 0 Å². The number of benzene rings is 1. The molecule has 1 aromatic carbocycles. The van der Waals surface area contributed by atoms with Gasteiger partial charge in [-0.1, -0.05) is 38.5 Å². The number of hydrogen-bond donors (Lipinski definition) is 1. The van der Waals surface area contributed by atoms with Gasteiger partial charge in [-0.25, -0.2) is 0 Å². The van der Waals surface area contributed by atoms with Gasteiger partial charge < -0.3 is 5.32 Å². The summed E-state index contributed by atoms with van der Waals surface area (Å²) in [6.45, 7) is 5.71. The van der Waals surface area contributed by atoms with Gasteiger partial charge in [-0.3, -0.25) is 0 Å². The average Bonchev–Trinajstić information content (AvgIpc) is 2.86. The average molecular weight is 277 g/mol. The summed E-state index contributed by atoms with van der Waals surface area (Å²) in [7, 11) is 0. The van der Waals surface area contributed by atoms with Crippen LogP contribution in [0.4, 0.5) is 0 Å². The van der Waals surface area contributed by atoms with Crippen molar-refractivity contribution in [2.45, 2.75) is 62.8 Å². The SMILES string of the molecule is CCCNC(CC)CCCC1CSc2ccccc21. The Morgan fingerprint density at radius 2 is 2.16 bits per heavy atom. The van der Waals surface area contributed by atoms with Crippen LogP contribution in [0.2, 0.25) is 0 Å². The summed E-state index contributed by atoms with van der Waals surface area (Å²) in [6, 6.07) is 9.68. The van der Waals surface area contributed by atoms with Crippen molar-refractivity contribution in [1.82, 2.24) is 5.32 Å². The maximum absolute atomic E-state index is 3.66. The molecule has 0 spiro atoms. The lowest BCUT2D eigenvalue weighted by Gasteiger charge is -2.17. The Balaban J connectivity index is 1.74. The number of fused-ring (bicyclic) bond motifs is 1. The van der Waals surface area contributed by atoms with Crippen LogP contribution < -0.4 is 5.32 Å². The zero-order chi connectivity index (χ0) is 13.5. The summed E-state index contributed by atoms with van der Waals surface area (Å²) < 4.78 is 0. The Morgan fingerprint density at radius 1 is 1.32 bits per heavy atom. The molecule has 2 heteroatoms. The van der Waals surface area contributed by atoms with Crippen molar-refractivity contribution >= 4 is 11.8 Å². The van der Waals surface area contributed by atoms with Crippen molar-refractivity contribution < 1.29 is 0 Å². The van der Waals surface area contributed by atoms with E-state index in [0.29, 0.717) is 0 Å². The summed E-state index contributed by atoms with van der Waals surface area (Å²) >= 11 is 2.04. The molecule has 0 radical (unpaired) electrons. The molecule has 1 N–H and O–H groups in total. The van der Waals surface area contributed by atoms with E-state index in [1.165, 1.54) is 49.3 Å². The second-order valence-corrected chi connectivity index (χ2v) is 6.60. The second kappa shape index (κ2) is 7.96. The Morgan fingerprint density at radius 3 is 2.95 bits per heavy atom. The Labute approximate surface area is 122 Å². The molecule has 0 saturated heterocycles. The fraction of sp³-hybridized carbons (Fsp3) is 0.647. The first-order chi connectivity index (χ1) is 9.35. The first-order valence-electron chi connectivity index (χ1n) is 7.80. The smallest absolute Gasteiger partial charge is 0.0107 e. The quantitative estimate of drug-likeness (QED) is 0.731. The highest BCUT2D eigenvalue weighted by atomic mass is 32.2. The minimum atomic E-state index is 0.726. The molecule has 1 nitrogen and oxygen atoms in total. The zero-order valence-corrected chi connectivity index (χ0v) is 13.1. The van der Waals surface area contributed by atoms with Crippen LogP contribution in [0.5, 0.6) is 0 Å². The summed E-state index contributed by atoms with van der Waals surface area (Å²) in [6.07, 6.45) is 6.54. The predicted octanol–water partition coefficient (Wildman–Crippen LogP) is 4.82. The number of hydrogen-bond acceptors (Lipinski definition) is 2. The molecular weight excluding hydrogens is 250 g/mol. The molecule has 19 heavy (non-hydrogen) atoms. The Kier molecular flexibility index (Phi) is 6.25. The molecule has 0 bridgehead atoms. The Bertz CT molecular complexity index is 377. The first-order valence-corrected chi connectivity index (χ1v) is 8.78. The number of nitrogens with one attached hydrogen (secondary N) is 1. The predicted molar refractivity (Wildman–Crippen MR) is 86.1 cm³/mol. The van der Waals surface area contributed by atoms with Crippen molar-refractivity contribution in [3.05, 3.63) is 29.8 Å². The van der Waals surface area contributed by atoms with Gasteiger partial charge in [-0.2, -0.15) is 0 Å². The summed E-state index contributed by atoms with van der Waals surface area (Å²) in [5.74, 6) is 2.09. The second-order valence-electron chi connectivity index (χ2n) is 5.54. The van der Waals surface area contributed by atoms with E-state index in [4.69, 9.17) is 0 Å². The van der Waals surface area contributed by atoms with Crippen molar-refractivity contribution in [3.63, 3.8) is 0 Å². The zero-order valence-electron chi connectivity index (χ0n) is 12.3. The van der Waals surface area contributed by atoms with E-state index in [2.05, 4.69) is 43.4 Å². The van der Waals surface area contributed by atoms with Crippen LogP contribution in [0.1, 0.15) is 57.4 Å². The Hall–Kier alpha value is -0.470. The van der Waals surface area contributed by atoms with Gasteiger partial charge in [0, 0.05) is 16.7 Å². The highest BCUT2D eigenvalue weighted by molar-refractivity contribution is 7.99. The molecule has 2 unspecified atom stereocenters. The van der Waals surface area contributed by atoms with Gasteiger partial charge in [-0.05, 0) is 49.8 Å². The summed E-state index contributed by atoms with van der Waals surface area (Å²) in [4.78, 5) is 1.52. The monoisotopic (exact) mass is 277 g/mol. The lowest BCUT2D eigenvalue weighted by molar-refractivity contribution is 0.441. The molecule has 0 aliphatic carbocycles. The summed E-state index contributed by atoms with van der Waals surface area (Å²) in [5, 5.41) is 3.66. The van der Waals surface area contributed by atoms with Gasteiger partial charge in [0.05, 0.1) is 0 Å². The molecule has 2 atom stereocenters. The molecule has 1 aliphatic heterocycles. The maximum atomic E-state index is 3.66. The van der Waals surface area contributed by atoms with Crippen LogP contribution in [-0.2, 0) is 0 Å². The van der Waals surface area contributed by atoms with Crippen molar-refractivity contribution in [2.75, 3.05) is 12.3 Å². The van der Waals surface area contributed by atoms with E-state index < -0.39 is 0 Å². The molecular formula is C17H27NS. The highest BCUT2D eigenvalue weighted by Crippen LogP contribution is 2.41. The molecule has 1 aromatic rings. The van der Waals surface area contributed by atoms with E-state index in [1.54, 1.807) is 5.56 Å². The third-order valence-electron chi connectivity index (χ3n) is 4.08. The number of thioether (sulfide) groups is 1. The first kappa shape index (κ1) is 14.9. The highest BCUT2D eigenvalue weighted by Gasteiger charge is 2.22. The standard InChI is InChI=1S/C17H27NS/c1-3-12-18-15(4-2)9-7-8-14-13-19-17-11-6-5-10-16(14)17/h5-6,10-11,14-15,18H,3-4,7-9,12-13H2,1-2H3. The van der Waals surface area contributed by atoms with Crippen LogP contribution in [0.3, 0.4) is 0 Å². The molecule has 1 heterocycles. The number of rotatable bonds is 8. The van der Waals surface area contributed by atoms with Crippen molar-refractivity contribution in [1.29, 1.82) is 0 Å². The van der Waals surface area contributed by atoms with Crippen LogP contribution in [0.25, 0.3) is 0 Å². The molecule has 0 amide bonds. The van der Waals surface area contributed by atoms with Gasteiger partial charge in [0.25, 0.3) is 0 Å². The minimum Gasteiger partial charge on any atom is -0.314 e. The lowest BCUT2D eigenvalue weighted by atomic mass is 9.94. The topological polar surface area (TPSA) is 12.0 Å².